The van der Waals surface area contributed by atoms with Crippen LogP contribution in [-0.2, 0) is 12.3 Å². The third-order valence-electron chi connectivity index (χ3n) is 3.10. The predicted octanol–water partition coefficient (Wildman–Crippen LogP) is 1.85. The Morgan fingerprint density at radius 2 is 2.25 bits per heavy atom. The van der Waals surface area contributed by atoms with Gasteiger partial charge in [-0.15, -0.1) is 6.42 Å². The first-order chi connectivity index (χ1) is 11.5. The van der Waals surface area contributed by atoms with E-state index in [2.05, 4.69) is 28.4 Å². The number of nitrogens with one attached hydrogen (secondary N) is 2. The fourth-order valence-electron chi connectivity index (χ4n) is 1.80. The van der Waals surface area contributed by atoms with Crippen LogP contribution in [-0.4, -0.2) is 42.3 Å². The van der Waals surface area contributed by atoms with Crippen LogP contribution >= 0.6 is 11.8 Å². The van der Waals surface area contributed by atoms with E-state index in [9.17, 15) is 10.1 Å². The smallest absolute Gasteiger partial charge is 0.274 e. The average molecular weight is 352 g/mol. The minimum absolute atomic E-state index is 0.237. The first-order valence-electron chi connectivity index (χ1n) is 7.65. The molecule has 0 bridgehead atoms. The minimum atomic E-state index is -0.517. The van der Waals surface area contributed by atoms with Crippen molar-refractivity contribution >= 4 is 11.8 Å². The number of furan rings is 1. The number of hydrogen-bond acceptors (Lipinski definition) is 7. The Kier molecular flexibility index (Phi) is 9.49. The molecule has 1 aromatic heterocycles. The fourth-order valence-corrected chi connectivity index (χ4v) is 2.55. The van der Waals surface area contributed by atoms with Crippen molar-refractivity contribution in [3.63, 3.8) is 0 Å². The van der Waals surface area contributed by atoms with Crippen LogP contribution in [0.5, 0.6) is 0 Å². The predicted molar refractivity (Wildman–Crippen MR) is 96.8 cm³/mol. The van der Waals surface area contributed by atoms with Gasteiger partial charge < -0.3 is 15.1 Å². The van der Waals surface area contributed by atoms with Crippen molar-refractivity contribution < 1.29 is 9.34 Å². The van der Waals surface area contributed by atoms with Crippen LogP contribution in [0.4, 0.5) is 0 Å². The van der Waals surface area contributed by atoms with Crippen molar-refractivity contribution in [2.75, 3.05) is 32.4 Å². The second-order valence-electron chi connectivity index (χ2n) is 5.06. The number of nitro groups is 1. The highest BCUT2D eigenvalue weighted by atomic mass is 32.2. The summed E-state index contributed by atoms with van der Waals surface area (Å²) in [6, 6.07) is 3.99. The van der Waals surface area contributed by atoms with Gasteiger partial charge in [0.25, 0.3) is 6.20 Å². The lowest BCUT2D eigenvalue weighted by Gasteiger charge is -2.11. The van der Waals surface area contributed by atoms with Gasteiger partial charge >= 0.3 is 0 Å². The Morgan fingerprint density at radius 3 is 2.92 bits per heavy atom. The molecule has 132 valence electrons. The van der Waals surface area contributed by atoms with Crippen LogP contribution in [0.15, 0.2) is 28.6 Å². The summed E-state index contributed by atoms with van der Waals surface area (Å²) in [4.78, 5) is 12.2. The van der Waals surface area contributed by atoms with E-state index in [1.165, 1.54) is 0 Å². The average Bonchev–Trinajstić information content (AvgIpc) is 2.98. The molecule has 7 nitrogen and oxygen atoms in total. The van der Waals surface area contributed by atoms with E-state index in [4.69, 9.17) is 10.8 Å². The van der Waals surface area contributed by atoms with Crippen LogP contribution in [0, 0.1) is 22.5 Å². The molecule has 1 heterocycles. The topological polar surface area (TPSA) is 83.6 Å². The Morgan fingerprint density at radius 1 is 1.50 bits per heavy atom. The van der Waals surface area contributed by atoms with Gasteiger partial charge in [0.2, 0.25) is 0 Å². The zero-order chi connectivity index (χ0) is 17.8. The van der Waals surface area contributed by atoms with Gasteiger partial charge in [0, 0.05) is 12.3 Å². The van der Waals surface area contributed by atoms with Crippen molar-refractivity contribution in [2.24, 2.45) is 0 Å². The Labute approximate surface area is 147 Å². The minimum Gasteiger partial charge on any atom is -0.464 e. The molecule has 2 N–H and O–H groups in total. The number of thioether (sulfide) groups is 1. The SMILES string of the molecule is C#CCNC(=C[N+](=O)[O-])NCCSCc1ccc(CN(C)CC)o1. The quantitative estimate of drug-likeness (QED) is 0.257. The molecule has 0 fully saturated rings. The van der Waals surface area contributed by atoms with Gasteiger partial charge in [-0.3, -0.25) is 15.0 Å². The summed E-state index contributed by atoms with van der Waals surface area (Å²) < 4.78 is 5.77. The van der Waals surface area contributed by atoms with Crippen molar-refractivity contribution in [1.82, 2.24) is 15.5 Å². The van der Waals surface area contributed by atoms with Crippen LogP contribution < -0.4 is 10.6 Å². The number of hydrogen-bond donors (Lipinski definition) is 2. The van der Waals surface area contributed by atoms with E-state index < -0.39 is 4.92 Å². The van der Waals surface area contributed by atoms with E-state index in [0.717, 1.165) is 42.3 Å². The van der Waals surface area contributed by atoms with Crippen LogP contribution in [0.1, 0.15) is 18.4 Å². The van der Waals surface area contributed by atoms with E-state index in [1.807, 2.05) is 19.2 Å². The Bertz CT molecular complexity index is 580. The zero-order valence-electron chi connectivity index (χ0n) is 14.1. The van der Waals surface area contributed by atoms with Gasteiger partial charge in [-0.05, 0) is 25.7 Å². The Hall–Kier alpha value is -2.11. The van der Waals surface area contributed by atoms with Crippen molar-refractivity contribution in [3.05, 3.63) is 45.8 Å². The molecule has 0 aliphatic heterocycles. The molecule has 0 aliphatic carbocycles. The van der Waals surface area contributed by atoms with Gasteiger partial charge in [-0.1, -0.05) is 12.8 Å². The van der Waals surface area contributed by atoms with Crippen LogP contribution in [0.25, 0.3) is 0 Å². The number of nitrogens with zero attached hydrogens (tertiary/aromatic N) is 2. The van der Waals surface area contributed by atoms with Gasteiger partial charge in [0.1, 0.15) is 11.5 Å². The molecule has 0 spiro atoms. The summed E-state index contributed by atoms with van der Waals surface area (Å²) in [6.07, 6.45) is 6.01. The third-order valence-corrected chi connectivity index (χ3v) is 4.09. The highest BCUT2D eigenvalue weighted by Gasteiger charge is 2.05. The second kappa shape index (κ2) is 11.4. The Balaban J connectivity index is 2.27. The highest BCUT2D eigenvalue weighted by Crippen LogP contribution is 2.16. The van der Waals surface area contributed by atoms with E-state index in [-0.39, 0.29) is 6.54 Å². The lowest BCUT2D eigenvalue weighted by molar-refractivity contribution is -0.404. The van der Waals surface area contributed by atoms with E-state index >= 15 is 0 Å². The normalized spacial score (nSPS) is 11.3. The zero-order valence-corrected chi connectivity index (χ0v) is 14.9. The molecule has 0 unspecified atom stereocenters. The molecule has 1 rings (SSSR count). The molecule has 0 atom stereocenters. The van der Waals surface area contributed by atoms with Crippen molar-refractivity contribution in [2.45, 2.75) is 19.2 Å². The first-order valence-corrected chi connectivity index (χ1v) is 8.81. The summed E-state index contributed by atoms with van der Waals surface area (Å²) in [5.74, 6) is 6.15. The summed E-state index contributed by atoms with van der Waals surface area (Å²) >= 11 is 1.69. The highest BCUT2D eigenvalue weighted by molar-refractivity contribution is 7.98. The molecule has 0 amide bonds. The van der Waals surface area contributed by atoms with Gasteiger partial charge in [0.15, 0.2) is 5.82 Å². The molecule has 24 heavy (non-hydrogen) atoms. The largest absolute Gasteiger partial charge is 0.464 e. The van der Waals surface area contributed by atoms with Crippen LogP contribution in [0.3, 0.4) is 0 Å². The molecule has 1 aromatic rings. The second-order valence-corrected chi connectivity index (χ2v) is 6.17. The molecule has 0 aliphatic rings. The maximum atomic E-state index is 10.5. The monoisotopic (exact) mass is 352 g/mol. The molecule has 0 radical (unpaired) electrons. The maximum Gasteiger partial charge on any atom is 0.274 e. The fraction of sp³-hybridized carbons (Fsp3) is 0.500. The summed E-state index contributed by atoms with van der Waals surface area (Å²) in [5.41, 5.74) is 0. The molecule has 8 heteroatoms. The molecule has 0 aromatic carbocycles. The first kappa shape index (κ1) is 19.9. The summed E-state index contributed by atoms with van der Waals surface area (Å²) in [7, 11) is 2.05. The number of rotatable bonds is 12. The van der Waals surface area contributed by atoms with E-state index in [0.29, 0.717) is 12.4 Å². The van der Waals surface area contributed by atoms with Crippen molar-refractivity contribution in [1.29, 1.82) is 0 Å². The lowest BCUT2D eigenvalue weighted by atomic mass is 10.4. The molecule has 0 saturated carbocycles. The van der Waals surface area contributed by atoms with Crippen LogP contribution in [0.2, 0.25) is 0 Å². The third kappa shape index (κ3) is 8.50. The molecule has 0 saturated heterocycles. The van der Waals surface area contributed by atoms with Gasteiger partial charge in [-0.25, -0.2) is 0 Å². The molecular formula is C16H24N4O3S. The van der Waals surface area contributed by atoms with Crippen molar-refractivity contribution in [3.8, 4) is 12.3 Å². The maximum absolute atomic E-state index is 10.5. The van der Waals surface area contributed by atoms with Gasteiger partial charge in [0.05, 0.1) is 23.8 Å². The standard InChI is InChI=1S/C16H24N4O3S/c1-4-8-17-16(12-20(21)22)18-9-10-24-13-15-7-6-14(23-15)11-19(3)5-2/h1,6-7,12,17-18H,5,8-11,13H2,2-3H3. The molecular weight excluding hydrogens is 328 g/mol. The summed E-state index contributed by atoms with van der Waals surface area (Å²) in [5, 5.41) is 16.3. The van der Waals surface area contributed by atoms with E-state index in [1.54, 1.807) is 11.8 Å². The summed E-state index contributed by atoms with van der Waals surface area (Å²) in [6.45, 7) is 4.71. The lowest BCUT2D eigenvalue weighted by Crippen LogP contribution is -2.29. The van der Waals surface area contributed by atoms with Gasteiger partial charge in [-0.2, -0.15) is 11.8 Å². The number of terminal acetylenes is 1.